The van der Waals surface area contributed by atoms with Gasteiger partial charge in [-0.1, -0.05) is 6.92 Å². The van der Waals surface area contributed by atoms with Crippen molar-refractivity contribution in [2.75, 3.05) is 38.1 Å². The van der Waals surface area contributed by atoms with Crippen LogP contribution in [0.1, 0.15) is 23.1 Å². The van der Waals surface area contributed by atoms with Gasteiger partial charge in [-0.05, 0) is 13.5 Å². The van der Waals surface area contributed by atoms with Crippen molar-refractivity contribution in [3.63, 3.8) is 0 Å². The number of nitrogens with two attached hydrogens (primary N) is 1. The first-order valence-electron chi connectivity index (χ1n) is 6.33. The van der Waals surface area contributed by atoms with Crippen molar-refractivity contribution >= 4 is 11.9 Å². The lowest BCUT2D eigenvalue weighted by Gasteiger charge is -2.33. The molecule has 0 saturated carbocycles. The number of amides is 1. The third-order valence-corrected chi connectivity index (χ3v) is 3.50. The van der Waals surface area contributed by atoms with Crippen LogP contribution in [0, 0.1) is 0 Å². The van der Waals surface area contributed by atoms with Crippen molar-refractivity contribution < 1.29 is 4.79 Å². The number of carbonyl (C=O) groups is 1. The smallest absolute Gasteiger partial charge is 0.267 e. The van der Waals surface area contributed by atoms with Gasteiger partial charge in [0.25, 0.3) is 5.91 Å². The Labute approximate surface area is 107 Å². The number of anilines is 1. The van der Waals surface area contributed by atoms with Gasteiger partial charge in [-0.25, -0.2) is 4.98 Å². The van der Waals surface area contributed by atoms with E-state index in [0.717, 1.165) is 44.2 Å². The minimum absolute atomic E-state index is 0.401. The molecule has 1 saturated heterocycles. The zero-order valence-electron chi connectivity index (χ0n) is 11.3. The summed E-state index contributed by atoms with van der Waals surface area (Å²) in [6, 6.07) is 0. The lowest BCUT2D eigenvalue weighted by Crippen LogP contribution is -2.45. The Morgan fingerprint density at radius 1 is 1.28 bits per heavy atom. The molecule has 0 unspecified atom stereocenters. The number of rotatable bonds is 3. The van der Waals surface area contributed by atoms with Crippen LogP contribution in [0.25, 0.3) is 0 Å². The molecule has 1 aromatic heterocycles. The normalized spacial score (nSPS) is 17.2. The monoisotopic (exact) mass is 251 g/mol. The van der Waals surface area contributed by atoms with Gasteiger partial charge >= 0.3 is 0 Å². The number of likely N-dealkylation sites (N-methyl/N-ethyl adjacent to an activating group) is 1. The first-order chi connectivity index (χ1) is 8.54. The molecule has 1 aromatic rings. The van der Waals surface area contributed by atoms with Gasteiger partial charge in [-0.2, -0.15) is 0 Å². The molecule has 0 radical (unpaired) electrons. The summed E-state index contributed by atoms with van der Waals surface area (Å²) in [5, 5.41) is 0. The van der Waals surface area contributed by atoms with Crippen molar-refractivity contribution in [3.8, 4) is 0 Å². The van der Waals surface area contributed by atoms with Gasteiger partial charge in [0.2, 0.25) is 5.95 Å². The van der Waals surface area contributed by atoms with E-state index in [1.54, 1.807) is 0 Å². The summed E-state index contributed by atoms with van der Waals surface area (Å²) in [4.78, 5) is 20.6. The average Bonchev–Trinajstić information content (AvgIpc) is 2.67. The first-order valence-corrected chi connectivity index (χ1v) is 6.33. The van der Waals surface area contributed by atoms with Gasteiger partial charge in [0.05, 0.1) is 5.69 Å². The molecular weight excluding hydrogens is 230 g/mol. The van der Waals surface area contributed by atoms with E-state index in [1.807, 2.05) is 18.5 Å². The molecular formula is C12H21N5O. The Balaban J connectivity index is 2.31. The molecule has 18 heavy (non-hydrogen) atoms. The van der Waals surface area contributed by atoms with E-state index in [-0.39, 0.29) is 0 Å². The molecule has 2 N–H and O–H groups in total. The lowest BCUT2D eigenvalue weighted by molar-refractivity contribution is 0.0991. The molecule has 1 aliphatic heterocycles. The van der Waals surface area contributed by atoms with Gasteiger partial charge < -0.3 is 20.1 Å². The number of hydrogen-bond donors (Lipinski definition) is 1. The fraction of sp³-hybridized carbons (Fsp3) is 0.667. The molecule has 0 spiro atoms. The number of nitrogens with zero attached hydrogens (tertiary/aromatic N) is 4. The molecule has 100 valence electrons. The van der Waals surface area contributed by atoms with Crippen LogP contribution in [0.15, 0.2) is 0 Å². The molecule has 6 nitrogen and oxygen atoms in total. The van der Waals surface area contributed by atoms with Crippen molar-refractivity contribution in [1.29, 1.82) is 0 Å². The molecule has 0 bridgehead atoms. The largest absolute Gasteiger partial charge is 0.364 e. The number of hydrogen-bond acceptors (Lipinski definition) is 4. The maximum absolute atomic E-state index is 11.5. The summed E-state index contributed by atoms with van der Waals surface area (Å²) in [6.45, 7) is 5.88. The minimum atomic E-state index is -0.401. The average molecular weight is 251 g/mol. The summed E-state index contributed by atoms with van der Waals surface area (Å²) < 4.78 is 1.83. The summed E-state index contributed by atoms with van der Waals surface area (Å²) in [5.41, 5.74) is 6.75. The summed E-state index contributed by atoms with van der Waals surface area (Å²) in [5.74, 6) is 0.455. The van der Waals surface area contributed by atoms with E-state index >= 15 is 0 Å². The zero-order valence-corrected chi connectivity index (χ0v) is 11.3. The highest BCUT2D eigenvalue weighted by Crippen LogP contribution is 2.19. The summed E-state index contributed by atoms with van der Waals surface area (Å²) >= 11 is 0. The summed E-state index contributed by atoms with van der Waals surface area (Å²) in [6.07, 6.45) is 0.722. The Morgan fingerprint density at radius 3 is 2.33 bits per heavy atom. The van der Waals surface area contributed by atoms with Gasteiger partial charge in [0.15, 0.2) is 0 Å². The van der Waals surface area contributed by atoms with Crippen LogP contribution in [0.4, 0.5) is 5.95 Å². The topological polar surface area (TPSA) is 67.4 Å². The second-order valence-electron chi connectivity index (χ2n) is 4.77. The molecule has 1 aliphatic rings. The Morgan fingerprint density at radius 2 is 1.89 bits per heavy atom. The number of primary amides is 1. The third kappa shape index (κ3) is 2.20. The van der Waals surface area contributed by atoms with E-state index in [4.69, 9.17) is 5.73 Å². The maximum Gasteiger partial charge on any atom is 0.267 e. The number of carbonyl (C=O) groups excluding carboxylic acids is 1. The van der Waals surface area contributed by atoms with Crippen LogP contribution < -0.4 is 10.6 Å². The van der Waals surface area contributed by atoms with Crippen LogP contribution in [0.3, 0.4) is 0 Å². The fourth-order valence-electron chi connectivity index (χ4n) is 2.39. The van der Waals surface area contributed by atoms with E-state index < -0.39 is 5.91 Å². The van der Waals surface area contributed by atoms with Crippen molar-refractivity contribution in [2.45, 2.75) is 13.3 Å². The van der Waals surface area contributed by atoms with Crippen LogP contribution >= 0.6 is 0 Å². The number of imidazole rings is 1. The molecule has 2 heterocycles. The quantitative estimate of drug-likeness (QED) is 0.810. The van der Waals surface area contributed by atoms with Gasteiger partial charge in [0.1, 0.15) is 5.69 Å². The Hall–Kier alpha value is -1.56. The number of aromatic nitrogens is 2. The highest BCUT2D eigenvalue weighted by Gasteiger charge is 2.23. The lowest BCUT2D eigenvalue weighted by atomic mass is 10.2. The fourth-order valence-corrected chi connectivity index (χ4v) is 2.39. The SMILES string of the molecule is CCc1nc(N2CCN(C)CC2)n(C)c1C(N)=O. The van der Waals surface area contributed by atoms with Crippen molar-refractivity contribution in [1.82, 2.24) is 14.5 Å². The third-order valence-electron chi connectivity index (χ3n) is 3.50. The van der Waals surface area contributed by atoms with Crippen LogP contribution in [-0.4, -0.2) is 53.6 Å². The molecule has 2 rings (SSSR count). The highest BCUT2D eigenvalue weighted by molar-refractivity contribution is 5.93. The molecule has 6 heteroatoms. The van der Waals surface area contributed by atoms with Crippen LogP contribution in [-0.2, 0) is 13.5 Å². The molecule has 0 atom stereocenters. The van der Waals surface area contributed by atoms with Crippen LogP contribution in [0.5, 0.6) is 0 Å². The molecule has 1 amide bonds. The molecule has 0 aromatic carbocycles. The van der Waals surface area contributed by atoms with E-state index in [2.05, 4.69) is 21.8 Å². The van der Waals surface area contributed by atoms with E-state index in [1.165, 1.54) is 0 Å². The predicted molar refractivity (Wildman–Crippen MR) is 70.8 cm³/mol. The van der Waals surface area contributed by atoms with Gasteiger partial charge in [0, 0.05) is 33.2 Å². The standard InChI is InChI=1S/C12H21N5O/c1-4-9-10(11(13)18)16(3)12(14-9)17-7-5-15(2)6-8-17/h4-8H2,1-3H3,(H2,13,18). The van der Waals surface area contributed by atoms with E-state index in [9.17, 15) is 4.79 Å². The summed E-state index contributed by atoms with van der Waals surface area (Å²) in [7, 11) is 3.97. The Bertz CT molecular complexity index is 446. The first kappa shape index (κ1) is 12.9. The highest BCUT2D eigenvalue weighted by atomic mass is 16.1. The zero-order chi connectivity index (χ0) is 13.3. The predicted octanol–water partition coefficient (Wildman–Crippen LogP) is -0.167. The van der Waals surface area contributed by atoms with Gasteiger partial charge in [-0.15, -0.1) is 0 Å². The van der Waals surface area contributed by atoms with Crippen molar-refractivity contribution in [3.05, 3.63) is 11.4 Å². The number of aryl methyl sites for hydroxylation is 1. The Kier molecular flexibility index (Phi) is 3.56. The number of piperazine rings is 1. The second-order valence-corrected chi connectivity index (χ2v) is 4.77. The molecule has 0 aliphatic carbocycles. The van der Waals surface area contributed by atoms with E-state index in [0.29, 0.717) is 5.69 Å². The van der Waals surface area contributed by atoms with Crippen LogP contribution in [0.2, 0.25) is 0 Å². The second kappa shape index (κ2) is 4.97. The minimum Gasteiger partial charge on any atom is -0.364 e. The maximum atomic E-state index is 11.5. The van der Waals surface area contributed by atoms with Crippen molar-refractivity contribution in [2.24, 2.45) is 12.8 Å². The molecule has 1 fully saturated rings. The van der Waals surface area contributed by atoms with Gasteiger partial charge in [-0.3, -0.25) is 4.79 Å².